The highest BCUT2D eigenvalue weighted by Gasteiger charge is 2.21. The van der Waals surface area contributed by atoms with Crippen LogP contribution in [0, 0.1) is 0 Å². The van der Waals surface area contributed by atoms with Gasteiger partial charge in [-0.3, -0.25) is 9.59 Å². The minimum atomic E-state index is -0.374. The molecule has 0 aromatic rings. The predicted molar refractivity (Wildman–Crippen MR) is 42.3 cm³/mol. The largest absolute Gasteiger partial charge is 0.469 e. The van der Waals surface area contributed by atoms with Gasteiger partial charge in [0.1, 0.15) is 0 Å². The van der Waals surface area contributed by atoms with Crippen LogP contribution in [0.1, 0.15) is 13.3 Å². The predicted octanol–water partition coefficient (Wildman–Crippen LogP) is -0.00420. The highest BCUT2D eigenvalue weighted by molar-refractivity contribution is 6.00. The molecule has 1 rings (SSSR count). The molecule has 1 aliphatic heterocycles. The molecular formula is C8H11NO3. The number of ether oxygens (including phenoxy) is 1. The van der Waals surface area contributed by atoms with E-state index in [0.29, 0.717) is 12.1 Å². The Balaban J connectivity index is 2.67. The SMILES string of the molecule is COC(=O)CC1=C(C)CNC1=O. The van der Waals surface area contributed by atoms with Gasteiger partial charge >= 0.3 is 5.97 Å². The lowest BCUT2D eigenvalue weighted by atomic mass is 10.1. The molecule has 0 aromatic carbocycles. The van der Waals surface area contributed by atoms with Crippen molar-refractivity contribution < 1.29 is 14.3 Å². The van der Waals surface area contributed by atoms with E-state index in [4.69, 9.17) is 0 Å². The number of hydrogen-bond donors (Lipinski definition) is 1. The Bertz CT molecular complexity index is 255. The second-order valence-corrected chi connectivity index (χ2v) is 2.69. The third kappa shape index (κ3) is 1.64. The fourth-order valence-electron chi connectivity index (χ4n) is 1.07. The highest BCUT2D eigenvalue weighted by Crippen LogP contribution is 2.14. The molecule has 1 heterocycles. The number of esters is 1. The van der Waals surface area contributed by atoms with Gasteiger partial charge < -0.3 is 10.1 Å². The van der Waals surface area contributed by atoms with Crippen molar-refractivity contribution in [3.05, 3.63) is 11.1 Å². The van der Waals surface area contributed by atoms with Crippen LogP contribution in [-0.4, -0.2) is 25.5 Å². The van der Waals surface area contributed by atoms with E-state index in [-0.39, 0.29) is 18.3 Å². The van der Waals surface area contributed by atoms with Crippen molar-refractivity contribution in [2.45, 2.75) is 13.3 Å². The summed E-state index contributed by atoms with van der Waals surface area (Å²) in [6.45, 7) is 2.38. The molecule has 4 nitrogen and oxygen atoms in total. The molecule has 12 heavy (non-hydrogen) atoms. The first kappa shape index (κ1) is 8.77. The Kier molecular flexibility index (Phi) is 2.47. The van der Waals surface area contributed by atoms with Crippen LogP contribution < -0.4 is 5.32 Å². The fraction of sp³-hybridized carbons (Fsp3) is 0.500. The van der Waals surface area contributed by atoms with Crippen molar-refractivity contribution in [1.82, 2.24) is 5.32 Å². The lowest BCUT2D eigenvalue weighted by molar-refractivity contribution is -0.140. The highest BCUT2D eigenvalue weighted by atomic mass is 16.5. The first-order chi connectivity index (χ1) is 5.65. The summed E-state index contributed by atoms with van der Waals surface area (Å²) in [6.07, 6.45) is 0.0775. The van der Waals surface area contributed by atoms with E-state index in [1.54, 1.807) is 0 Å². The summed E-state index contributed by atoms with van der Waals surface area (Å²) < 4.78 is 4.46. The number of rotatable bonds is 2. The molecule has 4 heteroatoms. The molecule has 0 aliphatic carbocycles. The summed E-state index contributed by atoms with van der Waals surface area (Å²) in [6, 6.07) is 0. The average molecular weight is 169 g/mol. The molecule has 0 spiro atoms. The second-order valence-electron chi connectivity index (χ2n) is 2.69. The third-order valence-electron chi connectivity index (χ3n) is 1.85. The summed E-state index contributed by atoms with van der Waals surface area (Å²) in [4.78, 5) is 21.9. The maximum Gasteiger partial charge on any atom is 0.310 e. The Morgan fingerprint density at radius 3 is 2.75 bits per heavy atom. The van der Waals surface area contributed by atoms with Crippen molar-refractivity contribution in [3.63, 3.8) is 0 Å². The van der Waals surface area contributed by atoms with E-state index in [9.17, 15) is 9.59 Å². The smallest absolute Gasteiger partial charge is 0.310 e. The maximum absolute atomic E-state index is 11.1. The lowest BCUT2D eigenvalue weighted by Crippen LogP contribution is -2.18. The quantitative estimate of drug-likeness (QED) is 0.592. The zero-order chi connectivity index (χ0) is 9.14. The van der Waals surface area contributed by atoms with Crippen LogP contribution in [0.15, 0.2) is 11.1 Å². The zero-order valence-electron chi connectivity index (χ0n) is 7.14. The van der Waals surface area contributed by atoms with Crippen LogP contribution in [0.3, 0.4) is 0 Å². The fourth-order valence-corrected chi connectivity index (χ4v) is 1.07. The van der Waals surface area contributed by atoms with Crippen LogP contribution >= 0.6 is 0 Å². The molecule has 1 aliphatic rings. The first-order valence-corrected chi connectivity index (χ1v) is 3.68. The minimum Gasteiger partial charge on any atom is -0.469 e. The van der Waals surface area contributed by atoms with Crippen LogP contribution in [0.25, 0.3) is 0 Å². The first-order valence-electron chi connectivity index (χ1n) is 3.68. The summed E-state index contributed by atoms with van der Waals surface area (Å²) >= 11 is 0. The number of nitrogens with one attached hydrogen (secondary N) is 1. The zero-order valence-corrected chi connectivity index (χ0v) is 7.14. The van der Waals surface area contributed by atoms with Gasteiger partial charge in [0, 0.05) is 12.1 Å². The van der Waals surface area contributed by atoms with Gasteiger partial charge in [0.15, 0.2) is 0 Å². The lowest BCUT2D eigenvalue weighted by Gasteiger charge is -1.98. The molecule has 0 saturated carbocycles. The van der Waals surface area contributed by atoms with Crippen molar-refractivity contribution in [2.24, 2.45) is 0 Å². The van der Waals surface area contributed by atoms with E-state index >= 15 is 0 Å². The van der Waals surface area contributed by atoms with E-state index in [1.165, 1.54) is 7.11 Å². The van der Waals surface area contributed by atoms with E-state index in [2.05, 4.69) is 10.1 Å². The standard InChI is InChI=1S/C8H11NO3/c1-5-4-9-8(11)6(5)3-7(10)12-2/h3-4H2,1-2H3,(H,9,11). The Hall–Kier alpha value is -1.32. The van der Waals surface area contributed by atoms with Crippen LogP contribution in [0.2, 0.25) is 0 Å². The molecule has 0 unspecified atom stereocenters. The molecule has 1 amide bonds. The summed E-state index contributed by atoms with van der Waals surface area (Å²) in [5.74, 6) is -0.528. The van der Waals surface area contributed by atoms with Crippen molar-refractivity contribution in [2.75, 3.05) is 13.7 Å². The van der Waals surface area contributed by atoms with Gasteiger partial charge in [0.2, 0.25) is 5.91 Å². The molecule has 66 valence electrons. The van der Waals surface area contributed by atoms with Crippen molar-refractivity contribution in [3.8, 4) is 0 Å². The monoisotopic (exact) mass is 169 g/mol. The molecular weight excluding hydrogens is 158 g/mol. The Labute approximate surface area is 70.6 Å². The topological polar surface area (TPSA) is 55.4 Å². The van der Waals surface area contributed by atoms with Gasteiger partial charge in [-0.25, -0.2) is 0 Å². The number of carbonyl (C=O) groups excluding carboxylic acids is 2. The molecule has 1 N–H and O–H groups in total. The number of methoxy groups -OCH3 is 1. The average Bonchev–Trinajstić information content (AvgIpc) is 2.35. The molecule has 0 bridgehead atoms. The second kappa shape index (κ2) is 3.38. The summed E-state index contributed by atoms with van der Waals surface area (Å²) in [5.41, 5.74) is 1.47. The number of amides is 1. The third-order valence-corrected chi connectivity index (χ3v) is 1.85. The molecule has 0 radical (unpaired) electrons. The molecule has 0 aromatic heterocycles. The van der Waals surface area contributed by atoms with Crippen LogP contribution in [-0.2, 0) is 14.3 Å². The number of hydrogen-bond acceptors (Lipinski definition) is 3. The van der Waals surface area contributed by atoms with Gasteiger partial charge in [-0.2, -0.15) is 0 Å². The Morgan fingerprint density at radius 2 is 2.33 bits per heavy atom. The van der Waals surface area contributed by atoms with Crippen molar-refractivity contribution in [1.29, 1.82) is 0 Å². The summed E-state index contributed by atoms with van der Waals surface area (Å²) in [7, 11) is 1.31. The van der Waals surface area contributed by atoms with Gasteiger partial charge in [0.05, 0.1) is 13.5 Å². The van der Waals surface area contributed by atoms with Crippen LogP contribution in [0.5, 0.6) is 0 Å². The van der Waals surface area contributed by atoms with Gasteiger partial charge in [-0.05, 0) is 12.5 Å². The molecule has 0 saturated heterocycles. The van der Waals surface area contributed by atoms with Gasteiger partial charge in [0.25, 0.3) is 0 Å². The van der Waals surface area contributed by atoms with E-state index in [1.807, 2.05) is 6.92 Å². The van der Waals surface area contributed by atoms with E-state index in [0.717, 1.165) is 5.57 Å². The minimum absolute atomic E-state index is 0.0775. The molecule has 0 fully saturated rings. The van der Waals surface area contributed by atoms with Gasteiger partial charge in [-0.15, -0.1) is 0 Å². The van der Waals surface area contributed by atoms with Gasteiger partial charge in [-0.1, -0.05) is 0 Å². The number of carbonyl (C=O) groups is 2. The van der Waals surface area contributed by atoms with E-state index < -0.39 is 0 Å². The summed E-state index contributed by atoms with van der Waals surface area (Å²) in [5, 5.41) is 2.63. The maximum atomic E-state index is 11.1. The molecule has 0 atom stereocenters. The normalized spacial score (nSPS) is 16.3. The van der Waals surface area contributed by atoms with Crippen LogP contribution in [0.4, 0.5) is 0 Å². The Morgan fingerprint density at radius 1 is 1.67 bits per heavy atom. The van der Waals surface area contributed by atoms with Crippen molar-refractivity contribution >= 4 is 11.9 Å².